The van der Waals surface area contributed by atoms with E-state index in [2.05, 4.69) is 10.2 Å². The Morgan fingerprint density at radius 2 is 1.97 bits per heavy atom. The number of rotatable bonds is 7. The fourth-order valence-electron chi connectivity index (χ4n) is 3.66. The highest BCUT2D eigenvalue weighted by atomic mass is 19.2. The van der Waals surface area contributed by atoms with Gasteiger partial charge in [-0.15, -0.1) is 0 Å². The van der Waals surface area contributed by atoms with Gasteiger partial charge in [-0.25, -0.2) is 13.6 Å². The molecule has 174 valence electrons. The van der Waals surface area contributed by atoms with Crippen LogP contribution in [0.4, 0.5) is 19.3 Å². The molecule has 0 aromatic heterocycles. The van der Waals surface area contributed by atoms with Crippen LogP contribution in [0, 0.1) is 17.6 Å². The third-order valence-electron chi connectivity index (χ3n) is 5.17. The van der Waals surface area contributed by atoms with Crippen LogP contribution in [0.15, 0.2) is 18.2 Å². The van der Waals surface area contributed by atoms with Gasteiger partial charge in [-0.05, 0) is 72.1 Å². The third-order valence-corrected chi connectivity index (χ3v) is 5.17. The van der Waals surface area contributed by atoms with Crippen molar-refractivity contribution >= 4 is 17.7 Å². The van der Waals surface area contributed by atoms with Crippen molar-refractivity contribution in [2.45, 2.75) is 65.5 Å². The first-order valence-electron chi connectivity index (χ1n) is 10.9. The Hall–Kier alpha value is -2.22. The number of piperidine rings is 1. The molecule has 0 bridgehead atoms. The summed E-state index contributed by atoms with van der Waals surface area (Å²) >= 11 is 0. The minimum absolute atomic E-state index is 0.0344. The van der Waals surface area contributed by atoms with Crippen molar-refractivity contribution in [1.29, 1.82) is 0 Å². The highest BCUT2D eigenvalue weighted by Gasteiger charge is 2.29. The Morgan fingerprint density at radius 1 is 1.26 bits per heavy atom. The molecule has 0 radical (unpaired) electrons. The van der Waals surface area contributed by atoms with Crippen LogP contribution in [0.5, 0.6) is 0 Å². The molecule has 31 heavy (non-hydrogen) atoms. The quantitative estimate of drug-likeness (QED) is 0.672. The first-order chi connectivity index (χ1) is 14.4. The van der Waals surface area contributed by atoms with E-state index in [4.69, 9.17) is 4.74 Å². The molecule has 0 aliphatic carbocycles. The smallest absolute Gasteiger partial charge is 0.410 e. The van der Waals surface area contributed by atoms with Gasteiger partial charge in [0.15, 0.2) is 11.6 Å². The van der Waals surface area contributed by atoms with Crippen LogP contribution in [-0.4, -0.2) is 59.6 Å². The first kappa shape index (κ1) is 25.0. The van der Waals surface area contributed by atoms with E-state index in [-0.39, 0.29) is 30.2 Å². The molecule has 6 nitrogen and oxygen atoms in total. The van der Waals surface area contributed by atoms with E-state index >= 15 is 0 Å². The Kier molecular flexibility index (Phi) is 8.79. The number of nitrogens with zero attached hydrogens (tertiary/aromatic N) is 2. The summed E-state index contributed by atoms with van der Waals surface area (Å²) in [5, 5.41) is 2.60. The van der Waals surface area contributed by atoms with Crippen LogP contribution in [0.25, 0.3) is 0 Å². The van der Waals surface area contributed by atoms with Gasteiger partial charge in [0.2, 0.25) is 5.91 Å². The Balaban J connectivity index is 1.84. The number of carbonyl (C=O) groups is 2. The number of hydrogen-bond donors (Lipinski definition) is 1. The third kappa shape index (κ3) is 8.44. The van der Waals surface area contributed by atoms with E-state index in [9.17, 15) is 18.4 Å². The van der Waals surface area contributed by atoms with Crippen molar-refractivity contribution in [3.05, 3.63) is 29.8 Å². The molecule has 8 heteroatoms. The number of amides is 2. The molecule has 1 fully saturated rings. The van der Waals surface area contributed by atoms with E-state index in [1.807, 2.05) is 34.6 Å². The maximum atomic E-state index is 13.3. The van der Waals surface area contributed by atoms with Crippen molar-refractivity contribution in [1.82, 2.24) is 9.80 Å². The summed E-state index contributed by atoms with van der Waals surface area (Å²) in [7, 11) is 0. The van der Waals surface area contributed by atoms with Gasteiger partial charge in [-0.1, -0.05) is 0 Å². The summed E-state index contributed by atoms with van der Waals surface area (Å²) in [6.07, 6.45) is 1.97. The molecule has 2 amide bonds. The molecule has 1 aliphatic heterocycles. The van der Waals surface area contributed by atoms with Crippen molar-refractivity contribution in [2.24, 2.45) is 5.92 Å². The van der Waals surface area contributed by atoms with Gasteiger partial charge >= 0.3 is 6.09 Å². The van der Waals surface area contributed by atoms with Crippen LogP contribution in [-0.2, 0) is 9.53 Å². The van der Waals surface area contributed by atoms with Gasteiger partial charge in [-0.2, -0.15) is 0 Å². The number of benzene rings is 1. The van der Waals surface area contributed by atoms with E-state index in [1.54, 1.807) is 4.90 Å². The second-order valence-corrected chi connectivity index (χ2v) is 9.46. The average molecular weight is 440 g/mol. The molecule has 2 rings (SSSR count). The summed E-state index contributed by atoms with van der Waals surface area (Å²) in [5.74, 6) is -1.88. The summed E-state index contributed by atoms with van der Waals surface area (Å²) < 4.78 is 31.8. The topological polar surface area (TPSA) is 61.9 Å². The van der Waals surface area contributed by atoms with Crippen molar-refractivity contribution in [3.63, 3.8) is 0 Å². The van der Waals surface area contributed by atoms with E-state index < -0.39 is 17.2 Å². The lowest BCUT2D eigenvalue weighted by atomic mass is 9.97. The van der Waals surface area contributed by atoms with Gasteiger partial charge < -0.3 is 19.9 Å². The molecule has 1 unspecified atom stereocenters. The summed E-state index contributed by atoms with van der Waals surface area (Å²) in [4.78, 5) is 28.8. The highest BCUT2D eigenvalue weighted by Crippen LogP contribution is 2.21. The normalized spacial score (nSPS) is 17.5. The first-order valence-corrected chi connectivity index (χ1v) is 10.9. The molecular weight excluding hydrogens is 404 g/mol. The van der Waals surface area contributed by atoms with Gasteiger partial charge in [0.1, 0.15) is 5.60 Å². The molecule has 1 aromatic rings. The minimum atomic E-state index is -0.989. The molecule has 1 atom stereocenters. The lowest BCUT2D eigenvalue weighted by Crippen LogP contribution is -2.47. The van der Waals surface area contributed by atoms with Gasteiger partial charge in [0.25, 0.3) is 0 Å². The van der Waals surface area contributed by atoms with E-state index in [1.165, 1.54) is 6.07 Å². The number of halogens is 2. The zero-order valence-electron chi connectivity index (χ0n) is 19.2. The molecule has 1 heterocycles. The van der Waals surface area contributed by atoms with Crippen molar-refractivity contribution in [2.75, 3.05) is 31.5 Å². The molecule has 0 saturated carbocycles. The van der Waals surface area contributed by atoms with Crippen LogP contribution < -0.4 is 5.32 Å². The molecule has 1 aliphatic rings. The lowest BCUT2D eigenvalue weighted by molar-refractivity contribution is -0.116. The van der Waals surface area contributed by atoms with Crippen LogP contribution >= 0.6 is 0 Å². The number of anilines is 1. The summed E-state index contributed by atoms with van der Waals surface area (Å²) in [6.45, 7) is 12.4. The van der Waals surface area contributed by atoms with Crippen molar-refractivity contribution in [3.8, 4) is 0 Å². The van der Waals surface area contributed by atoms with Gasteiger partial charge in [0.05, 0.1) is 0 Å². The van der Waals surface area contributed by atoms with E-state index in [0.29, 0.717) is 19.0 Å². The Labute approximate surface area is 183 Å². The predicted octanol–water partition coefficient (Wildman–Crippen LogP) is 4.65. The monoisotopic (exact) mass is 439 g/mol. The maximum Gasteiger partial charge on any atom is 0.410 e. The SMILES string of the molecule is CC(C)N(CC1CCCN(CCC(=O)Nc2ccc(F)c(F)c2)C1)C(=O)OC(C)(C)C. The second-order valence-electron chi connectivity index (χ2n) is 9.46. The average Bonchev–Trinajstić information content (AvgIpc) is 2.66. The van der Waals surface area contributed by atoms with Crippen molar-refractivity contribution < 1.29 is 23.1 Å². The number of nitrogens with one attached hydrogen (secondary N) is 1. The Morgan fingerprint density at radius 3 is 2.58 bits per heavy atom. The zero-order valence-corrected chi connectivity index (χ0v) is 19.2. The molecule has 1 aromatic carbocycles. The minimum Gasteiger partial charge on any atom is -0.444 e. The van der Waals surface area contributed by atoms with Crippen LogP contribution in [0.2, 0.25) is 0 Å². The van der Waals surface area contributed by atoms with Gasteiger partial charge in [0, 0.05) is 43.9 Å². The number of hydrogen-bond acceptors (Lipinski definition) is 4. The largest absolute Gasteiger partial charge is 0.444 e. The highest BCUT2D eigenvalue weighted by molar-refractivity contribution is 5.90. The predicted molar refractivity (Wildman–Crippen MR) is 117 cm³/mol. The number of ether oxygens (including phenoxy) is 1. The zero-order chi connectivity index (χ0) is 23.2. The lowest BCUT2D eigenvalue weighted by Gasteiger charge is -2.37. The summed E-state index contributed by atoms with van der Waals surface area (Å²) in [5.41, 5.74) is -0.297. The fraction of sp³-hybridized carbons (Fsp3) is 0.652. The standard InChI is InChI=1S/C23H35F2N3O3/c1-16(2)28(22(30)31-23(3,4)5)15-17-7-6-11-27(14-17)12-10-21(29)26-18-8-9-19(24)20(25)13-18/h8-9,13,16-17H,6-7,10-12,14-15H2,1-5H3,(H,26,29). The fourth-order valence-corrected chi connectivity index (χ4v) is 3.66. The molecular formula is C23H35F2N3O3. The Bertz CT molecular complexity index is 765. The molecule has 0 spiro atoms. The van der Waals surface area contributed by atoms with Crippen LogP contribution in [0.3, 0.4) is 0 Å². The van der Waals surface area contributed by atoms with Crippen LogP contribution in [0.1, 0.15) is 53.9 Å². The molecule has 1 N–H and O–H groups in total. The van der Waals surface area contributed by atoms with E-state index in [0.717, 1.165) is 38.1 Å². The maximum absolute atomic E-state index is 13.3. The number of likely N-dealkylation sites (tertiary alicyclic amines) is 1. The summed E-state index contributed by atoms with van der Waals surface area (Å²) in [6, 6.07) is 3.34. The molecule has 1 saturated heterocycles. The second kappa shape index (κ2) is 10.9. The van der Waals surface area contributed by atoms with Gasteiger partial charge in [-0.3, -0.25) is 4.79 Å². The number of carbonyl (C=O) groups excluding carboxylic acids is 2.